The summed E-state index contributed by atoms with van der Waals surface area (Å²) in [6, 6.07) is 0. The summed E-state index contributed by atoms with van der Waals surface area (Å²) in [5, 5.41) is 0. The molecule has 0 aliphatic heterocycles. The Kier molecular flexibility index (Phi) is 6.78. The molecule has 1 aromatic heterocycles. The molecular formula is C7H11N3. The maximum atomic E-state index is 3.56. The van der Waals surface area contributed by atoms with Crippen LogP contribution in [0.15, 0.2) is 31.6 Å². The van der Waals surface area contributed by atoms with E-state index in [1.54, 1.807) is 0 Å². The highest BCUT2D eigenvalue weighted by molar-refractivity contribution is 4.60. The summed E-state index contributed by atoms with van der Waals surface area (Å²) in [5.41, 5.74) is 0. The van der Waals surface area contributed by atoms with E-state index in [9.17, 15) is 0 Å². The molecule has 0 bridgehead atoms. The molecule has 0 atom stereocenters. The lowest BCUT2D eigenvalue weighted by atomic mass is 10.5. The van der Waals surface area contributed by atoms with Crippen LogP contribution in [0.2, 0.25) is 0 Å². The molecule has 0 amide bonds. The van der Waals surface area contributed by atoms with Crippen molar-refractivity contribution in [2.45, 2.75) is 13.3 Å². The maximum Gasteiger partial charge on any atom is 0.119 e. The lowest BCUT2D eigenvalue weighted by Crippen LogP contribution is -1.73. The second-order valence-electron chi connectivity index (χ2n) is 1.49. The van der Waals surface area contributed by atoms with Crippen LogP contribution in [-0.4, -0.2) is 15.0 Å². The van der Waals surface area contributed by atoms with Gasteiger partial charge in [-0.25, -0.2) is 15.0 Å². The van der Waals surface area contributed by atoms with Crippen molar-refractivity contribution in [2.75, 3.05) is 0 Å². The van der Waals surface area contributed by atoms with Gasteiger partial charge in [-0.05, 0) is 6.42 Å². The van der Waals surface area contributed by atoms with Crippen LogP contribution in [0.1, 0.15) is 13.3 Å². The zero-order chi connectivity index (χ0) is 7.66. The summed E-state index contributed by atoms with van der Waals surface area (Å²) in [5.74, 6) is 0. The molecule has 0 saturated heterocycles. The molecule has 0 aromatic carbocycles. The highest BCUT2D eigenvalue weighted by atomic mass is 14.9. The fourth-order valence-corrected chi connectivity index (χ4v) is 0.205. The molecule has 10 heavy (non-hydrogen) atoms. The minimum absolute atomic E-state index is 1.08. The lowest BCUT2D eigenvalue weighted by Gasteiger charge is -1.69. The minimum atomic E-state index is 1.08. The quantitative estimate of drug-likeness (QED) is 0.550. The van der Waals surface area contributed by atoms with E-state index in [-0.39, 0.29) is 0 Å². The average Bonchev–Trinajstić information content (AvgIpc) is 2.08. The van der Waals surface area contributed by atoms with Gasteiger partial charge in [0.25, 0.3) is 0 Å². The minimum Gasteiger partial charge on any atom is -0.225 e. The van der Waals surface area contributed by atoms with Crippen LogP contribution in [0.4, 0.5) is 0 Å². The SMILES string of the molecule is C=CCC.c1ncncn1. The molecule has 1 heterocycles. The van der Waals surface area contributed by atoms with Crippen LogP contribution in [0, 0.1) is 0 Å². The van der Waals surface area contributed by atoms with Crippen molar-refractivity contribution in [1.82, 2.24) is 15.0 Å². The second-order valence-corrected chi connectivity index (χ2v) is 1.49. The Hall–Kier alpha value is -1.25. The normalized spacial score (nSPS) is 7.30. The first kappa shape index (κ1) is 8.75. The maximum absolute atomic E-state index is 3.56. The molecule has 0 radical (unpaired) electrons. The molecular weight excluding hydrogens is 126 g/mol. The van der Waals surface area contributed by atoms with Gasteiger partial charge in [0.05, 0.1) is 0 Å². The Morgan fingerprint density at radius 3 is 1.60 bits per heavy atom. The molecule has 54 valence electrons. The number of hydrogen-bond acceptors (Lipinski definition) is 3. The summed E-state index contributed by atoms with van der Waals surface area (Å²) in [4.78, 5) is 10.7. The molecule has 0 unspecified atom stereocenters. The monoisotopic (exact) mass is 137 g/mol. The highest BCUT2D eigenvalue weighted by Crippen LogP contribution is 1.66. The molecule has 1 aromatic rings. The van der Waals surface area contributed by atoms with Crippen molar-refractivity contribution < 1.29 is 0 Å². The number of hydrogen-bond donors (Lipinski definition) is 0. The van der Waals surface area contributed by atoms with E-state index >= 15 is 0 Å². The smallest absolute Gasteiger partial charge is 0.119 e. The average molecular weight is 137 g/mol. The first-order chi connectivity index (χ1) is 4.91. The van der Waals surface area contributed by atoms with Gasteiger partial charge in [-0.1, -0.05) is 13.0 Å². The summed E-state index contributed by atoms with van der Waals surface area (Å²) in [6.07, 6.45) is 7.27. The largest absolute Gasteiger partial charge is 0.225 e. The Morgan fingerprint density at radius 2 is 1.50 bits per heavy atom. The number of nitrogens with zero attached hydrogens (tertiary/aromatic N) is 3. The van der Waals surface area contributed by atoms with E-state index in [1.165, 1.54) is 19.0 Å². The van der Waals surface area contributed by atoms with E-state index < -0.39 is 0 Å². The third-order valence-electron chi connectivity index (χ3n) is 0.689. The van der Waals surface area contributed by atoms with E-state index in [2.05, 4.69) is 28.5 Å². The summed E-state index contributed by atoms with van der Waals surface area (Å²) >= 11 is 0. The molecule has 0 fully saturated rings. The molecule has 0 N–H and O–H groups in total. The van der Waals surface area contributed by atoms with Gasteiger partial charge >= 0.3 is 0 Å². The Balaban J connectivity index is 0.000000180. The fourth-order valence-electron chi connectivity index (χ4n) is 0.205. The Morgan fingerprint density at radius 1 is 1.20 bits per heavy atom. The first-order valence-electron chi connectivity index (χ1n) is 3.07. The first-order valence-corrected chi connectivity index (χ1v) is 3.07. The lowest BCUT2D eigenvalue weighted by molar-refractivity contribution is 1.05. The highest BCUT2D eigenvalue weighted by Gasteiger charge is 1.59. The summed E-state index contributed by atoms with van der Waals surface area (Å²) < 4.78 is 0. The Labute approximate surface area is 60.9 Å². The Bertz CT molecular complexity index is 123. The predicted octanol–water partition coefficient (Wildman–Crippen LogP) is 1.45. The predicted molar refractivity (Wildman–Crippen MR) is 40.3 cm³/mol. The van der Waals surface area contributed by atoms with E-state index in [0.717, 1.165) is 6.42 Å². The number of rotatable bonds is 1. The van der Waals surface area contributed by atoms with Crippen molar-refractivity contribution in [3.63, 3.8) is 0 Å². The van der Waals surface area contributed by atoms with Crippen LogP contribution in [0.25, 0.3) is 0 Å². The molecule has 0 saturated carbocycles. The van der Waals surface area contributed by atoms with Gasteiger partial charge in [0, 0.05) is 0 Å². The summed E-state index contributed by atoms with van der Waals surface area (Å²) in [7, 11) is 0. The van der Waals surface area contributed by atoms with Gasteiger partial charge in [0.2, 0.25) is 0 Å². The van der Waals surface area contributed by atoms with Gasteiger partial charge in [-0.15, -0.1) is 6.58 Å². The van der Waals surface area contributed by atoms with Gasteiger partial charge < -0.3 is 0 Å². The van der Waals surface area contributed by atoms with Crippen molar-refractivity contribution in [1.29, 1.82) is 0 Å². The van der Waals surface area contributed by atoms with Crippen LogP contribution in [0.3, 0.4) is 0 Å². The topological polar surface area (TPSA) is 38.7 Å². The van der Waals surface area contributed by atoms with Gasteiger partial charge in [-0.3, -0.25) is 0 Å². The van der Waals surface area contributed by atoms with Gasteiger partial charge in [0.15, 0.2) is 0 Å². The molecule has 0 aliphatic rings. The molecule has 0 spiro atoms. The van der Waals surface area contributed by atoms with Crippen molar-refractivity contribution >= 4 is 0 Å². The van der Waals surface area contributed by atoms with Gasteiger partial charge in [0.1, 0.15) is 19.0 Å². The van der Waals surface area contributed by atoms with Crippen molar-refractivity contribution in [3.05, 3.63) is 31.6 Å². The summed E-state index contributed by atoms with van der Waals surface area (Å²) in [6.45, 7) is 5.54. The molecule has 0 aliphatic carbocycles. The molecule has 1 rings (SSSR count). The van der Waals surface area contributed by atoms with Crippen molar-refractivity contribution in [2.24, 2.45) is 0 Å². The van der Waals surface area contributed by atoms with E-state index in [1.807, 2.05) is 6.08 Å². The third kappa shape index (κ3) is 6.75. The molecule has 3 heteroatoms. The van der Waals surface area contributed by atoms with Crippen LogP contribution in [-0.2, 0) is 0 Å². The number of allylic oxidation sites excluding steroid dienone is 1. The standard InChI is InChI=1S/C4H8.C3H3N3/c1-3-4-2;1-4-2-6-3-5-1/h3H,1,4H2,2H3;1-3H. The van der Waals surface area contributed by atoms with Crippen LogP contribution >= 0.6 is 0 Å². The van der Waals surface area contributed by atoms with E-state index in [0.29, 0.717) is 0 Å². The van der Waals surface area contributed by atoms with Gasteiger partial charge in [-0.2, -0.15) is 0 Å². The van der Waals surface area contributed by atoms with Crippen molar-refractivity contribution in [3.8, 4) is 0 Å². The van der Waals surface area contributed by atoms with Crippen LogP contribution in [0.5, 0.6) is 0 Å². The number of aromatic nitrogens is 3. The van der Waals surface area contributed by atoms with Crippen LogP contribution < -0.4 is 0 Å². The zero-order valence-corrected chi connectivity index (χ0v) is 6.07. The third-order valence-corrected chi connectivity index (χ3v) is 0.689. The second kappa shape index (κ2) is 7.75. The zero-order valence-electron chi connectivity index (χ0n) is 6.07. The molecule has 3 nitrogen and oxygen atoms in total. The van der Waals surface area contributed by atoms with E-state index in [4.69, 9.17) is 0 Å². The fraction of sp³-hybridized carbons (Fsp3) is 0.286.